The van der Waals surface area contributed by atoms with Crippen LogP contribution in [0.1, 0.15) is 32.6 Å². The molecule has 0 radical (unpaired) electrons. The SMILES string of the molecule is CC1CCCCC1N(C)C(N)=O. The third-order valence-corrected chi connectivity index (χ3v) is 2.91. The second-order valence-electron chi connectivity index (χ2n) is 3.78. The summed E-state index contributed by atoms with van der Waals surface area (Å²) in [5.74, 6) is 0.608. The third-order valence-electron chi connectivity index (χ3n) is 2.91. The molecule has 3 nitrogen and oxygen atoms in total. The first-order valence-electron chi connectivity index (χ1n) is 4.65. The fourth-order valence-corrected chi connectivity index (χ4v) is 2.04. The number of hydrogen-bond acceptors (Lipinski definition) is 1. The van der Waals surface area contributed by atoms with E-state index in [4.69, 9.17) is 5.73 Å². The number of carbonyl (C=O) groups is 1. The summed E-state index contributed by atoms with van der Waals surface area (Å²) < 4.78 is 0. The number of primary amides is 1. The molecule has 1 aliphatic rings. The summed E-state index contributed by atoms with van der Waals surface area (Å²) in [6, 6.07) is 0.0741. The summed E-state index contributed by atoms with van der Waals surface area (Å²) >= 11 is 0. The number of amides is 2. The lowest BCUT2D eigenvalue weighted by Crippen LogP contribution is -2.45. The Balaban J connectivity index is 2.53. The Labute approximate surface area is 73.9 Å². The molecule has 1 aliphatic carbocycles. The van der Waals surface area contributed by atoms with Crippen LogP contribution in [0.25, 0.3) is 0 Å². The standard InChI is InChI=1S/C9H18N2O/c1-7-5-3-4-6-8(7)11(2)9(10)12/h7-8H,3-6H2,1-2H3,(H2,10,12). The van der Waals surface area contributed by atoms with Gasteiger partial charge in [-0.3, -0.25) is 0 Å². The second-order valence-corrected chi connectivity index (χ2v) is 3.78. The molecule has 2 atom stereocenters. The summed E-state index contributed by atoms with van der Waals surface area (Å²) in [4.78, 5) is 12.6. The van der Waals surface area contributed by atoms with Crippen molar-refractivity contribution < 1.29 is 4.79 Å². The van der Waals surface area contributed by atoms with Crippen molar-refractivity contribution in [2.75, 3.05) is 7.05 Å². The van der Waals surface area contributed by atoms with E-state index >= 15 is 0 Å². The van der Waals surface area contributed by atoms with Crippen molar-refractivity contribution >= 4 is 6.03 Å². The molecule has 12 heavy (non-hydrogen) atoms. The molecule has 70 valence electrons. The van der Waals surface area contributed by atoms with Crippen molar-refractivity contribution in [3.05, 3.63) is 0 Å². The molecule has 0 saturated heterocycles. The molecule has 3 heteroatoms. The maximum absolute atomic E-state index is 10.9. The fourth-order valence-electron chi connectivity index (χ4n) is 2.04. The van der Waals surface area contributed by atoms with E-state index in [9.17, 15) is 4.79 Å². The van der Waals surface area contributed by atoms with Gasteiger partial charge in [-0.05, 0) is 18.8 Å². The topological polar surface area (TPSA) is 46.3 Å². The van der Waals surface area contributed by atoms with Gasteiger partial charge in [-0.15, -0.1) is 0 Å². The van der Waals surface area contributed by atoms with Crippen LogP contribution in [0.4, 0.5) is 4.79 Å². The highest BCUT2D eigenvalue weighted by molar-refractivity contribution is 5.72. The van der Waals surface area contributed by atoms with Gasteiger partial charge in [0.2, 0.25) is 0 Å². The summed E-state index contributed by atoms with van der Waals surface area (Å²) in [5.41, 5.74) is 5.22. The van der Waals surface area contributed by atoms with Gasteiger partial charge in [0.15, 0.2) is 0 Å². The van der Waals surface area contributed by atoms with Crippen LogP contribution in [0.5, 0.6) is 0 Å². The van der Waals surface area contributed by atoms with Crippen LogP contribution in [-0.2, 0) is 0 Å². The Hall–Kier alpha value is -0.730. The van der Waals surface area contributed by atoms with Crippen LogP contribution < -0.4 is 5.73 Å². The van der Waals surface area contributed by atoms with Gasteiger partial charge < -0.3 is 10.6 Å². The average molecular weight is 170 g/mol. The molecule has 1 saturated carbocycles. The Morgan fingerprint density at radius 2 is 2.00 bits per heavy atom. The minimum atomic E-state index is -0.297. The van der Waals surface area contributed by atoms with E-state index in [0.717, 1.165) is 6.42 Å². The first-order valence-corrected chi connectivity index (χ1v) is 4.65. The Kier molecular flexibility index (Phi) is 2.95. The number of carbonyl (C=O) groups excluding carboxylic acids is 1. The van der Waals surface area contributed by atoms with Crippen molar-refractivity contribution in [3.63, 3.8) is 0 Å². The number of nitrogens with zero attached hydrogens (tertiary/aromatic N) is 1. The molecule has 0 aliphatic heterocycles. The van der Waals surface area contributed by atoms with Crippen LogP contribution in [0.15, 0.2) is 0 Å². The van der Waals surface area contributed by atoms with Crippen molar-refractivity contribution in [2.45, 2.75) is 38.6 Å². The molecule has 1 rings (SSSR count). The lowest BCUT2D eigenvalue weighted by Gasteiger charge is -2.35. The number of nitrogens with two attached hydrogens (primary N) is 1. The maximum atomic E-state index is 10.9. The monoisotopic (exact) mass is 170 g/mol. The Morgan fingerprint density at radius 3 is 2.50 bits per heavy atom. The minimum absolute atomic E-state index is 0.297. The van der Waals surface area contributed by atoms with E-state index in [1.54, 1.807) is 11.9 Å². The van der Waals surface area contributed by atoms with Crippen LogP contribution >= 0.6 is 0 Å². The maximum Gasteiger partial charge on any atom is 0.314 e. The van der Waals surface area contributed by atoms with E-state index < -0.39 is 0 Å². The van der Waals surface area contributed by atoms with Gasteiger partial charge in [-0.25, -0.2) is 4.79 Å². The quantitative estimate of drug-likeness (QED) is 0.638. The normalized spacial score (nSPS) is 29.8. The van der Waals surface area contributed by atoms with E-state index in [2.05, 4.69) is 6.92 Å². The van der Waals surface area contributed by atoms with Gasteiger partial charge in [0, 0.05) is 13.1 Å². The lowest BCUT2D eigenvalue weighted by molar-refractivity contribution is 0.152. The van der Waals surface area contributed by atoms with Gasteiger partial charge in [-0.2, -0.15) is 0 Å². The molecule has 0 aromatic carbocycles. The highest BCUT2D eigenvalue weighted by Crippen LogP contribution is 2.26. The van der Waals surface area contributed by atoms with Gasteiger partial charge in [0.1, 0.15) is 0 Å². The molecule has 0 aromatic rings. The number of hydrogen-bond donors (Lipinski definition) is 1. The first kappa shape index (κ1) is 9.36. The third kappa shape index (κ3) is 1.90. The van der Waals surface area contributed by atoms with Crippen LogP contribution in [0, 0.1) is 5.92 Å². The zero-order valence-corrected chi connectivity index (χ0v) is 7.92. The van der Waals surface area contributed by atoms with E-state index in [-0.39, 0.29) is 6.03 Å². The number of urea groups is 1. The molecule has 2 N–H and O–H groups in total. The molecule has 2 amide bonds. The average Bonchev–Trinajstić information content (AvgIpc) is 2.04. The van der Waals surface area contributed by atoms with Gasteiger partial charge in [0.05, 0.1) is 0 Å². The molecule has 0 spiro atoms. The highest BCUT2D eigenvalue weighted by atomic mass is 16.2. The lowest BCUT2D eigenvalue weighted by atomic mass is 9.85. The van der Waals surface area contributed by atoms with Crippen molar-refractivity contribution in [1.82, 2.24) is 4.90 Å². The highest BCUT2D eigenvalue weighted by Gasteiger charge is 2.26. The smallest absolute Gasteiger partial charge is 0.314 e. The van der Waals surface area contributed by atoms with Gasteiger partial charge in [0.25, 0.3) is 0 Å². The van der Waals surface area contributed by atoms with Crippen LogP contribution in [-0.4, -0.2) is 24.0 Å². The minimum Gasteiger partial charge on any atom is -0.351 e. The van der Waals surface area contributed by atoms with Gasteiger partial charge >= 0.3 is 6.03 Å². The molecule has 1 fully saturated rings. The van der Waals surface area contributed by atoms with E-state index in [1.807, 2.05) is 0 Å². The summed E-state index contributed by atoms with van der Waals surface area (Å²) in [6.07, 6.45) is 4.86. The molecular weight excluding hydrogens is 152 g/mol. The fraction of sp³-hybridized carbons (Fsp3) is 0.889. The predicted octanol–water partition coefficient (Wildman–Crippen LogP) is 1.58. The molecule has 0 heterocycles. The van der Waals surface area contributed by atoms with Crippen molar-refractivity contribution in [3.8, 4) is 0 Å². The number of rotatable bonds is 1. The van der Waals surface area contributed by atoms with Crippen molar-refractivity contribution in [2.24, 2.45) is 11.7 Å². The Morgan fingerprint density at radius 1 is 1.42 bits per heavy atom. The second kappa shape index (κ2) is 3.78. The zero-order chi connectivity index (χ0) is 9.14. The van der Waals surface area contributed by atoms with Crippen LogP contribution in [0.2, 0.25) is 0 Å². The molecular formula is C9H18N2O. The largest absolute Gasteiger partial charge is 0.351 e. The zero-order valence-electron chi connectivity index (χ0n) is 7.92. The molecule has 0 aromatic heterocycles. The summed E-state index contributed by atoms with van der Waals surface area (Å²) in [7, 11) is 1.80. The van der Waals surface area contributed by atoms with E-state index in [0.29, 0.717) is 12.0 Å². The summed E-state index contributed by atoms with van der Waals surface area (Å²) in [6.45, 7) is 2.20. The van der Waals surface area contributed by atoms with Gasteiger partial charge in [-0.1, -0.05) is 19.8 Å². The van der Waals surface area contributed by atoms with Crippen LogP contribution in [0.3, 0.4) is 0 Å². The van der Waals surface area contributed by atoms with Crippen molar-refractivity contribution in [1.29, 1.82) is 0 Å². The Bertz CT molecular complexity index is 170. The molecule has 0 bridgehead atoms. The van der Waals surface area contributed by atoms with E-state index in [1.165, 1.54) is 19.3 Å². The first-order chi connectivity index (χ1) is 5.63. The summed E-state index contributed by atoms with van der Waals surface area (Å²) in [5, 5.41) is 0. The predicted molar refractivity (Wildman–Crippen MR) is 48.8 cm³/mol. The molecule has 2 unspecified atom stereocenters.